The Morgan fingerprint density at radius 1 is 1.42 bits per heavy atom. The smallest absolute Gasteiger partial charge is 0.370 e. The molecule has 1 fully saturated rings. The molecule has 2 rings (SSSR count). The molecule has 7 heteroatoms. The van der Waals surface area contributed by atoms with Gasteiger partial charge >= 0.3 is 6.18 Å². The van der Waals surface area contributed by atoms with Crippen LogP contribution in [0.3, 0.4) is 0 Å². The van der Waals surface area contributed by atoms with Gasteiger partial charge in [-0.3, -0.25) is 0 Å². The van der Waals surface area contributed by atoms with Crippen molar-refractivity contribution in [1.82, 2.24) is 14.9 Å². The number of hydrogen-bond donors (Lipinski definition) is 1. The molecule has 1 aliphatic heterocycles. The van der Waals surface area contributed by atoms with Crippen LogP contribution in [0.1, 0.15) is 31.0 Å². The molecular weight excluding hydrogens is 259 g/mol. The maximum atomic E-state index is 11.9. The van der Waals surface area contributed by atoms with Gasteiger partial charge in [0.1, 0.15) is 6.61 Å². The molecule has 1 unspecified atom stereocenters. The van der Waals surface area contributed by atoms with Crippen LogP contribution in [0.15, 0.2) is 12.5 Å². The van der Waals surface area contributed by atoms with Gasteiger partial charge in [-0.25, -0.2) is 4.98 Å². The fourth-order valence-electron chi connectivity index (χ4n) is 2.26. The van der Waals surface area contributed by atoms with Crippen LogP contribution in [0.25, 0.3) is 0 Å². The van der Waals surface area contributed by atoms with Crippen molar-refractivity contribution in [2.24, 2.45) is 0 Å². The first-order chi connectivity index (χ1) is 9.06. The van der Waals surface area contributed by atoms with Gasteiger partial charge in [0.15, 0.2) is 0 Å². The van der Waals surface area contributed by atoms with E-state index in [9.17, 15) is 13.2 Å². The van der Waals surface area contributed by atoms with E-state index in [0.717, 1.165) is 25.1 Å². The highest BCUT2D eigenvalue weighted by atomic mass is 19.4. The largest absolute Gasteiger partial charge is 0.411 e. The molecule has 1 aliphatic rings. The third-order valence-corrected chi connectivity index (χ3v) is 3.15. The lowest BCUT2D eigenvalue weighted by atomic mass is 10.0. The molecule has 0 aliphatic carbocycles. The number of imidazole rings is 1. The Morgan fingerprint density at radius 3 is 2.95 bits per heavy atom. The average molecular weight is 277 g/mol. The predicted molar refractivity (Wildman–Crippen MR) is 63.7 cm³/mol. The third-order valence-electron chi connectivity index (χ3n) is 3.15. The molecule has 0 bridgehead atoms. The van der Waals surface area contributed by atoms with Crippen LogP contribution in [0.4, 0.5) is 13.2 Å². The molecule has 1 saturated heterocycles. The summed E-state index contributed by atoms with van der Waals surface area (Å²) in [7, 11) is 0. The van der Waals surface area contributed by atoms with Crippen molar-refractivity contribution in [1.29, 1.82) is 0 Å². The molecule has 2 heterocycles. The molecule has 1 aromatic heterocycles. The van der Waals surface area contributed by atoms with E-state index in [1.807, 2.05) is 4.57 Å². The summed E-state index contributed by atoms with van der Waals surface area (Å²) in [5.41, 5.74) is 1.02. The van der Waals surface area contributed by atoms with E-state index in [0.29, 0.717) is 6.54 Å². The lowest BCUT2D eigenvalue weighted by Crippen LogP contribution is -2.29. The number of hydrogen-bond acceptors (Lipinski definition) is 3. The van der Waals surface area contributed by atoms with Crippen molar-refractivity contribution in [3.05, 3.63) is 18.2 Å². The number of rotatable bonds is 5. The SMILES string of the molecule is FC(F)(F)COCCn1cncc1C1CCCCN1. The first-order valence-corrected chi connectivity index (χ1v) is 6.44. The van der Waals surface area contributed by atoms with Gasteiger partial charge in [0, 0.05) is 18.8 Å². The highest BCUT2D eigenvalue weighted by molar-refractivity contribution is 5.06. The number of aromatic nitrogens is 2. The monoisotopic (exact) mass is 277 g/mol. The minimum atomic E-state index is -4.26. The van der Waals surface area contributed by atoms with E-state index in [4.69, 9.17) is 0 Å². The molecule has 108 valence electrons. The minimum absolute atomic E-state index is 0.0373. The van der Waals surface area contributed by atoms with Crippen LogP contribution in [0, 0.1) is 0 Å². The van der Waals surface area contributed by atoms with Crippen molar-refractivity contribution >= 4 is 0 Å². The number of nitrogens with zero attached hydrogens (tertiary/aromatic N) is 2. The highest BCUT2D eigenvalue weighted by Gasteiger charge is 2.27. The first-order valence-electron chi connectivity index (χ1n) is 6.44. The van der Waals surface area contributed by atoms with Crippen molar-refractivity contribution in [2.45, 2.75) is 38.0 Å². The van der Waals surface area contributed by atoms with Crippen LogP contribution < -0.4 is 5.32 Å². The summed E-state index contributed by atoms with van der Waals surface area (Å²) in [6, 6.07) is 0.249. The van der Waals surface area contributed by atoms with Gasteiger partial charge in [-0.1, -0.05) is 6.42 Å². The Balaban J connectivity index is 1.82. The Bertz CT molecular complexity index is 386. The fraction of sp³-hybridized carbons (Fsp3) is 0.750. The quantitative estimate of drug-likeness (QED) is 0.839. The first kappa shape index (κ1) is 14.3. The zero-order chi connectivity index (χ0) is 13.7. The van der Waals surface area contributed by atoms with E-state index in [1.165, 1.54) is 6.42 Å². The summed E-state index contributed by atoms with van der Waals surface area (Å²) in [6.45, 7) is 0.207. The zero-order valence-corrected chi connectivity index (χ0v) is 10.6. The van der Waals surface area contributed by atoms with Crippen LogP contribution in [0.2, 0.25) is 0 Å². The maximum Gasteiger partial charge on any atom is 0.411 e. The predicted octanol–water partition coefficient (Wildman–Crippen LogP) is 2.28. The van der Waals surface area contributed by atoms with Gasteiger partial charge in [0.2, 0.25) is 0 Å². The summed E-state index contributed by atoms with van der Waals surface area (Å²) in [5, 5.41) is 3.39. The maximum absolute atomic E-state index is 11.9. The van der Waals surface area contributed by atoms with Crippen molar-refractivity contribution < 1.29 is 17.9 Å². The molecule has 4 nitrogen and oxygen atoms in total. The van der Waals surface area contributed by atoms with Gasteiger partial charge in [-0.05, 0) is 19.4 Å². The Kier molecular flexibility index (Phi) is 4.81. The van der Waals surface area contributed by atoms with Gasteiger partial charge in [0.25, 0.3) is 0 Å². The molecule has 19 heavy (non-hydrogen) atoms. The second-order valence-electron chi connectivity index (χ2n) is 4.68. The molecule has 1 aromatic rings. The van der Waals surface area contributed by atoms with Crippen molar-refractivity contribution in [3.63, 3.8) is 0 Å². The van der Waals surface area contributed by atoms with Gasteiger partial charge in [0.05, 0.1) is 18.6 Å². The Hall–Kier alpha value is -1.08. The molecule has 1 atom stereocenters. The van der Waals surface area contributed by atoms with Crippen LogP contribution in [0.5, 0.6) is 0 Å². The Labute approximate surface area is 110 Å². The number of ether oxygens (including phenoxy) is 1. The van der Waals surface area contributed by atoms with E-state index < -0.39 is 12.8 Å². The number of nitrogens with one attached hydrogen (secondary N) is 1. The minimum Gasteiger partial charge on any atom is -0.370 e. The normalized spacial score (nSPS) is 20.7. The molecule has 0 spiro atoms. The summed E-state index contributed by atoms with van der Waals surface area (Å²) >= 11 is 0. The highest BCUT2D eigenvalue weighted by Crippen LogP contribution is 2.22. The van der Waals surface area contributed by atoms with E-state index in [2.05, 4.69) is 15.0 Å². The van der Waals surface area contributed by atoms with E-state index in [-0.39, 0.29) is 12.6 Å². The van der Waals surface area contributed by atoms with Crippen LogP contribution in [-0.4, -0.2) is 35.5 Å². The summed E-state index contributed by atoms with van der Waals surface area (Å²) in [4.78, 5) is 4.07. The van der Waals surface area contributed by atoms with E-state index >= 15 is 0 Å². The van der Waals surface area contributed by atoms with Crippen LogP contribution in [-0.2, 0) is 11.3 Å². The molecule has 0 aromatic carbocycles. The topological polar surface area (TPSA) is 39.1 Å². The Morgan fingerprint density at radius 2 is 2.26 bits per heavy atom. The van der Waals surface area contributed by atoms with Gasteiger partial charge < -0.3 is 14.6 Å². The molecule has 1 N–H and O–H groups in total. The zero-order valence-electron chi connectivity index (χ0n) is 10.6. The lowest BCUT2D eigenvalue weighted by Gasteiger charge is -2.24. The lowest BCUT2D eigenvalue weighted by molar-refractivity contribution is -0.174. The van der Waals surface area contributed by atoms with Crippen LogP contribution >= 0.6 is 0 Å². The second-order valence-corrected chi connectivity index (χ2v) is 4.68. The van der Waals surface area contributed by atoms with Gasteiger partial charge in [-0.15, -0.1) is 0 Å². The second kappa shape index (κ2) is 6.38. The average Bonchev–Trinajstić information content (AvgIpc) is 2.83. The van der Waals surface area contributed by atoms with E-state index in [1.54, 1.807) is 12.5 Å². The van der Waals surface area contributed by atoms with Crippen molar-refractivity contribution in [2.75, 3.05) is 19.8 Å². The molecule has 0 saturated carbocycles. The summed E-state index contributed by atoms with van der Waals surface area (Å²) in [6.07, 6.45) is 2.51. The summed E-state index contributed by atoms with van der Waals surface area (Å²) < 4.78 is 42.3. The fourth-order valence-corrected chi connectivity index (χ4v) is 2.26. The molecular formula is C12H18F3N3O. The standard InChI is InChI=1S/C12H18F3N3O/c13-12(14,15)8-19-6-5-18-9-16-7-11(18)10-3-1-2-4-17-10/h7,9-10,17H,1-6,8H2. The van der Waals surface area contributed by atoms with Crippen molar-refractivity contribution in [3.8, 4) is 0 Å². The number of alkyl halides is 3. The number of halogens is 3. The molecule has 0 amide bonds. The molecule has 0 radical (unpaired) electrons. The van der Waals surface area contributed by atoms with Gasteiger partial charge in [-0.2, -0.15) is 13.2 Å². The third kappa shape index (κ3) is 4.50. The summed E-state index contributed by atoms with van der Waals surface area (Å²) in [5.74, 6) is 0. The number of piperidine rings is 1.